The van der Waals surface area contributed by atoms with E-state index in [2.05, 4.69) is 28.4 Å². The highest BCUT2D eigenvalue weighted by molar-refractivity contribution is 7.16. The second-order valence-electron chi connectivity index (χ2n) is 4.76. The fraction of sp³-hybridized carbons (Fsp3) is 0.462. The Morgan fingerprint density at radius 1 is 1.33 bits per heavy atom. The molecule has 2 aromatic rings. The number of aromatic nitrogens is 1. The van der Waals surface area contributed by atoms with Crippen molar-refractivity contribution in [3.8, 4) is 0 Å². The van der Waals surface area contributed by atoms with Crippen LogP contribution in [-0.2, 0) is 13.6 Å². The number of piperazine rings is 1. The molecule has 3 rings (SSSR count). The predicted octanol–water partition coefficient (Wildman–Crippen LogP) is 1.01. The molecule has 5 heteroatoms. The topological polar surface area (TPSA) is 37.3 Å². The zero-order valence-corrected chi connectivity index (χ0v) is 11.3. The molecule has 0 saturated carbocycles. The molecule has 1 fully saturated rings. The summed E-state index contributed by atoms with van der Waals surface area (Å²) >= 11 is 1.33. The molecule has 0 unspecified atom stereocenters. The molecule has 0 radical (unpaired) electrons. The van der Waals surface area contributed by atoms with E-state index in [0.29, 0.717) is 0 Å². The van der Waals surface area contributed by atoms with Crippen molar-refractivity contribution >= 4 is 21.6 Å². The number of nitrogens with zero attached hydrogens (tertiary/aromatic N) is 2. The van der Waals surface area contributed by atoms with Gasteiger partial charge in [0.15, 0.2) is 0 Å². The highest BCUT2D eigenvalue weighted by Gasteiger charge is 2.11. The zero-order chi connectivity index (χ0) is 12.5. The molecule has 1 aliphatic rings. The Hall–Kier alpha value is -1.17. The summed E-state index contributed by atoms with van der Waals surface area (Å²) in [6.45, 7) is 5.32. The molecule has 1 N–H and O–H groups in total. The minimum absolute atomic E-state index is 0.115. The Bertz CT molecular complexity index is 610. The number of hydrogen-bond donors (Lipinski definition) is 1. The van der Waals surface area contributed by atoms with Crippen LogP contribution in [0.1, 0.15) is 5.56 Å². The summed E-state index contributed by atoms with van der Waals surface area (Å²) < 4.78 is 2.81. The molecule has 0 amide bonds. The summed E-state index contributed by atoms with van der Waals surface area (Å²) in [4.78, 5) is 14.2. The Morgan fingerprint density at radius 2 is 2.11 bits per heavy atom. The van der Waals surface area contributed by atoms with E-state index in [1.807, 2.05) is 7.05 Å². The third-order valence-electron chi connectivity index (χ3n) is 3.47. The van der Waals surface area contributed by atoms with Crippen molar-refractivity contribution in [1.29, 1.82) is 0 Å². The van der Waals surface area contributed by atoms with Crippen LogP contribution < -0.4 is 10.2 Å². The standard InChI is InChI=1S/C13H17N3OS/c1-15-11-3-2-10(8-12(11)18-13(15)17)9-16-6-4-14-5-7-16/h2-3,8,14H,4-7,9H2,1H3. The first kappa shape index (κ1) is 11.9. The van der Waals surface area contributed by atoms with Gasteiger partial charge in [0.05, 0.1) is 10.2 Å². The van der Waals surface area contributed by atoms with E-state index in [-0.39, 0.29) is 4.87 Å². The van der Waals surface area contributed by atoms with Crippen molar-refractivity contribution in [2.24, 2.45) is 7.05 Å². The van der Waals surface area contributed by atoms with Gasteiger partial charge in [0.2, 0.25) is 0 Å². The van der Waals surface area contributed by atoms with E-state index in [1.54, 1.807) is 4.57 Å². The van der Waals surface area contributed by atoms with Gasteiger partial charge in [-0.1, -0.05) is 17.4 Å². The lowest BCUT2D eigenvalue weighted by Gasteiger charge is -2.27. The molecule has 0 spiro atoms. The van der Waals surface area contributed by atoms with Crippen LogP contribution >= 0.6 is 11.3 Å². The van der Waals surface area contributed by atoms with E-state index in [1.165, 1.54) is 16.9 Å². The number of benzene rings is 1. The maximum absolute atomic E-state index is 11.6. The van der Waals surface area contributed by atoms with Gasteiger partial charge in [-0.25, -0.2) is 0 Å². The number of aryl methyl sites for hydroxylation is 1. The molecule has 2 heterocycles. The summed E-state index contributed by atoms with van der Waals surface area (Å²) in [5, 5.41) is 3.36. The molecule has 0 bridgehead atoms. The van der Waals surface area contributed by atoms with Crippen LogP contribution in [0.5, 0.6) is 0 Å². The van der Waals surface area contributed by atoms with Gasteiger partial charge in [0.1, 0.15) is 0 Å². The lowest BCUT2D eigenvalue weighted by atomic mass is 10.2. The molecule has 0 atom stereocenters. The van der Waals surface area contributed by atoms with E-state index in [9.17, 15) is 4.79 Å². The first-order valence-corrected chi connectivity index (χ1v) is 7.07. The van der Waals surface area contributed by atoms with Crippen molar-refractivity contribution in [1.82, 2.24) is 14.8 Å². The Morgan fingerprint density at radius 3 is 2.89 bits per heavy atom. The number of fused-ring (bicyclic) bond motifs is 1. The predicted molar refractivity (Wildman–Crippen MR) is 75.2 cm³/mol. The molecule has 4 nitrogen and oxygen atoms in total. The molecule has 1 aromatic heterocycles. The van der Waals surface area contributed by atoms with Crippen LogP contribution in [0.2, 0.25) is 0 Å². The molecular formula is C13H17N3OS. The van der Waals surface area contributed by atoms with Crippen LogP contribution in [0.4, 0.5) is 0 Å². The lowest BCUT2D eigenvalue weighted by Crippen LogP contribution is -2.42. The summed E-state index contributed by atoms with van der Waals surface area (Å²) in [6, 6.07) is 6.35. The van der Waals surface area contributed by atoms with Gasteiger partial charge in [-0.15, -0.1) is 0 Å². The first-order chi connectivity index (χ1) is 8.74. The van der Waals surface area contributed by atoms with Gasteiger partial charge in [0.25, 0.3) is 0 Å². The molecule has 96 valence electrons. The molecule has 1 saturated heterocycles. The van der Waals surface area contributed by atoms with Crippen LogP contribution in [0, 0.1) is 0 Å². The van der Waals surface area contributed by atoms with E-state index < -0.39 is 0 Å². The van der Waals surface area contributed by atoms with Crippen molar-refractivity contribution in [2.75, 3.05) is 26.2 Å². The van der Waals surface area contributed by atoms with Crippen molar-refractivity contribution < 1.29 is 0 Å². The SMILES string of the molecule is Cn1c(=O)sc2cc(CN3CCNCC3)ccc21. The van der Waals surface area contributed by atoms with Gasteiger partial charge < -0.3 is 9.88 Å². The fourth-order valence-corrected chi connectivity index (χ4v) is 3.35. The van der Waals surface area contributed by atoms with Gasteiger partial charge >= 0.3 is 4.87 Å². The summed E-state index contributed by atoms with van der Waals surface area (Å²) in [5.74, 6) is 0. The Balaban J connectivity index is 1.86. The third-order valence-corrected chi connectivity index (χ3v) is 4.47. The summed E-state index contributed by atoms with van der Waals surface area (Å²) in [6.07, 6.45) is 0. The highest BCUT2D eigenvalue weighted by Crippen LogP contribution is 2.19. The fourth-order valence-electron chi connectivity index (χ4n) is 2.40. The monoisotopic (exact) mass is 263 g/mol. The van der Waals surface area contributed by atoms with Gasteiger partial charge in [-0.3, -0.25) is 9.69 Å². The second-order valence-corrected chi connectivity index (χ2v) is 5.75. The van der Waals surface area contributed by atoms with Gasteiger partial charge in [-0.05, 0) is 17.7 Å². The largest absolute Gasteiger partial charge is 0.314 e. The number of nitrogens with one attached hydrogen (secondary N) is 1. The minimum Gasteiger partial charge on any atom is -0.314 e. The average Bonchev–Trinajstić information content (AvgIpc) is 2.66. The normalized spacial score (nSPS) is 17.4. The highest BCUT2D eigenvalue weighted by atomic mass is 32.1. The number of thiazole rings is 1. The van der Waals surface area contributed by atoms with Gasteiger partial charge in [0, 0.05) is 39.8 Å². The third kappa shape index (κ3) is 2.21. The summed E-state index contributed by atoms with van der Waals surface area (Å²) in [7, 11) is 1.83. The van der Waals surface area contributed by atoms with Crippen LogP contribution in [0.25, 0.3) is 10.2 Å². The number of hydrogen-bond acceptors (Lipinski definition) is 4. The maximum atomic E-state index is 11.6. The molecule has 1 aliphatic heterocycles. The lowest BCUT2D eigenvalue weighted by molar-refractivity contribution is 0.233. The van der Waals surface area contributed by atoms with Crippen LogP contribution in [-0.4, -0.2) is 35.6 Å². The van der Waals surface area contributed by atoms with Crippen molar-refractivity contribution in [2.45, 2.75) is 6.54 Å². The Kier molecular flexibility index (Phi) is 3.20. The van der Waals surface area contributed by atoms with E-state index in [4.69, 9.17) is 0 Å². The smallest absolute Gasteiger partial charge is 0.307 e. The second kappa shape index (κ2) is 4.84. The molecule has 18 heavy (non-hydrogen) atoms. The van der Waals surface area contributed by atoms with Crippen molar-refractivity contribution in [3.05, 3.63) is 33.4 Å². The maximum Gasteiger partial charge on any atom is 0.307 e. The zero-order valence-electron chi connectivity index (χ0n) is 10.5. The van der Waals surface area contributed by atoms with E-state index in [0.717, 1.165) is 42.9 Å². The summed E-state index contributed by atoms with van der Waals surface area (Å²) in [5.41, 5.74) is 2.33. The van der Waals surface area contributed by atoms with Gasteiger partial charge in [-0.2, -0.15) is 0 Å². The number of rotatable bonds is 2. The minimum atomic E-state index is 0.115. The molecule has 0 aliphatic carbocycles. The van der Waals surface area contributed by atoms with Crippen LogP contribution in [0.3, 0.4) is 0 Å². The molecular weight excluding hydrogens is 246 g/mol. The Labute approximate surface area is 110 Å². The van der Waals surface area contributed by atoms with E-state index >= 15 is 0 Å². The average molecular weight is 263 g/mol. The quantitative estimate of drug-likeness (QED) is 0.878. The van der Waals surface area contributed by atoms with Crippen LogP contribution in [0.15, 0.2) is 23.0 Å². The van der Waals surface area contributed by atoms with Crippen molar-refractivity contribution in [3.63, 3.8) is 0 Å². The first-order valence-electron chi connectivity index (χ1n) is 6.25. The molecule has 1 aromatic carbocycles.